The van der Waals surface area contributed by atoms with Crippen molar-refractivity contribution in [1.82, 2.24) is 4.90 Å². The number of nitrogens with zero attached hydrogens (tertiary/aromatic N) is 1. The molecule has 0 saturated carbocycles. The van der Waals surface area contributed by atoms with Gasteiger partial charge in [0, 0.05) is 4.75 Å². The molecule has 0 unspecified atom stereocenters. The third-order valence-corrected chi connectivity index (χ3v) is 7.26. The topological polar surface area (TPSA) is 66.8 Å². The summed E-state index contributed by atoms with van der Waals surface area (Å²) in [5, 5.41) is 9.76. The summed E-state index contributed by atoms with van der Waals surface area (Å²) in [6.45, 7) is 5.53. The average molecular weight is 412 g/mol. The third kappa shape index (κ3) is 3.45. The summed E-state index contributed by atoms with van der Waals surface area (Å²) in [5.41, 5.74) is 1.76. The number of benzene rings is 2. The van der Waals surface area contributed by atoms with Gasteiger partial charge in [0.25, 0.3) is 0 Å². The van der Waals surface area contributed by atoms with Crippen LogP contribution in [0.15, 0.2) is 60.7 Å². The van der Waals surface area contributed by atoms with Crippen LogP contribution in [0, 0.1) is 5.92 Å². The Balaban J connectivity index is 1.62. The van der Waals surface area contributed by atoms with Gasteiger partial charge in [-0.3, -0.25) is 4.79 Å². The highest BCUT2D eigenvalue weighted by Gasteiger charge is 2.65. The number of hydrogen-bond donors (Lipinski definition) is 1. The van der Waals surface area contributed by atoms with Crippen molar-refractivity contribution in [3.8, 4) is 0 Å². The number of aliphatic hydroxyl groups excluding tert-OH is 1. The molecule has 4 rings (SSSR count). The minimum atomic E-state index is -0.733. The van der Waals surface area contributed by atoms with Crippen LogP contribution < -0.4 is 0 Å². The fourth-order valence-electron chi connectivity index (χ4n) is 4.23. The standard InChI is InChI=1S/C23H25NO4S/c1-14(25)17-20(26)24-19(23(2,3)29-21(17)24)22(27)28-18(15-10-6-4-7-11-15)16-12-8-5-9-13-16/h4-14,17-19,21,25H,1-3H3/t14-,17-,19+,21-/m1/s1. The number of esters is 1. The molecule has 6 heteroatoms. The number of ether oxygens (including phenoxy) is 1. The zero-order chi connectivity index (χ0) is 20.8. The van der Waals surface area contributed by atoms with E-state index in [2.05, 4.69) is 0 Å². The number of fused-ring (bicyclic) bond motifs is 1. The molecular formula is C23H25NO4S. The van der Waals surface area contributed by atoms with Crippen LogP contribution in [-0.2, 0) is 14.3 Å². The first kappa shape index (κ1) is 20.0. The highest BCUT2D eigenvalue weighted by atomic mass is 32.2. The second kappa shape index (κ2) is 7.50. The maximum Gasteiger partial charge on any atom is 0.331 e. The molecule has 2 aromatic rings. The highest BCUT2D eigenvalue weighted by Crippen LogP contribution is 2.54. The Bertz CT molecular complexity index is 860. The number of carbonyl (C=O) groups excluding carboxylic acids is 2. The molecule has 2 fully saturated rings. The summed E-state index contributed by atoms with van der Waals surface area (Å²) in [6, 6.07) is 18.5. The van der Waals surface area contributed by atoms with Gasteiger partial charge in [0.05, 0.1) is 17.4 Å². The number of thioether (sulfide) groups is 1. The maximum absolute atomic E-state index is 13.3. The number of hydrogen-bond acceptors (Lipinski definition) is 5. The molecule has 1 N–H and O–H groups in total. The Morgan fingerprint density at radius 3 is 2.07 bits per heavy atom. The number of carbonyl (C=O) groups is 2. The van der Waals surface area contributed by atoms with Crippen molar-refractivity contribution in [2.24, 2.45) is 5.92 Å². The first-order valence-electron chi connectivity index (χ1n) is 9.79. The zero-order valence-corrected chi connectivity index (χ0v) is 17.5. The summed E-state index contributed by atoms with van der Waals surface area (Å²) in [6.07, 6.45) is -1.28. The van der Waals surface area contributed by atoms with Gasteiger partial charge in [0.1, 0.15) is 6.04 Å². The van der Waals surface area contributed by atoms with Crippen LogP contribution in [0.25, 0.3) is 0 Å². The Morgan fingerprint density at radius 1 is 1.07 bits per heavy atom. The molecular weight excluding hydrogens is 386 g/mol. The monoisotopic (exact) mass is 411 g/mol. The van der Waals surface area contributed by atoms with E-state index in [1.54, 1.807) is 23.6 Å². The number of aliphatic hydroxyl groups is 1. The van der Waals surface area contributed by atoms with Crippen LogP contribution in [-0.4, -0.2) is 44.1 Å². The summed E-state index contributed by atoms with van der Waals surface area (Å²) >= 11 is 1.56. The predicted molar refractivity (Wildman–Crippen MR) is 112 cm³/mol. The maximum atomic E-state index is 13.3. The van der Waals surface area contributed by atoms with Crippen molar-refractivity contribution in [2.45, 2.75) is 49.1 Å². The van der Waals surface area contributed by atoms with E-state index in [4.69, 9.17) is 4.74 Å². The quantitative estimate of drug-likeness (QED) is 0.604. The first-order valence-corrected chi connectivity index (χ1v) is 10.7. The Morgan fingerprint density at radius 2 is 1.59 bits per heavy atom. The average Bonchev–Trinajstić information content (AvgIpc) is 2.94. The van der Waals surface area contributed by atoms with Gasteiger partial charge in [-0.05, 0) is 31.9 Å². The van der Waals surface area contributed by atoms with Crippen LogP contribution in [0.2, 0.25) is 0 Å². The van der Waals surface area contributed by atoms with Crippen molar-refractivity contribution in [3.63, 3.8) is 0 Å². The second-order valence-corrected chi connectivity index (χ2v) is 9.94. The summed E-state index contributed by atoms with van der Waals surface area (Å²) in [4.78, 5) is 27.6. The van der Waals surface area contributed by atoms with Crippen LogP contribution in [0.5, 0.6) is 0 Å². The molecule has 152 valence electrons. The van der Waals surface area contributed by atoms with E-state index in [0.29, 0.717) is 0 Å². The lowest BCUT2D eigenvalue weighted by molar-refractivity contribution is -0.172. The molecule has 0 aromatic heterocycles. The van der Waals surface area contributed by atoms with Gasteiger partial charge in [-0.1, -0.05) is 60.7 Å². The van der Waals surface area contributed by atoms with Gasteiger partial charge in [-0.2, -0.15) is 0 Å². The largest absolute Gasteiger partial charge is 0.451 e. The van der Waals surface area contributed by atoms with E-state index in [9.17, 15) is 14.7 Å². The minimum absolute atomic E-state index is 0.180. The van der Waals surface area contributed by atoms with Crippen molar-refractivity contribution in [1.29, 1.82) is 0 Å². The van der Waals surface area contributed by atoms with E-state index in [-0.39, 0.29) is 11.3 Å². The van der Waals surface area contributed by atoms with E-state index in [1.807, 2.05) is 74.5 Å². The highest BCUT2D eigenvalue weighted by molar-refractivity contribution is 8.01. The molecule has 0 bridgehead atoms. The second-order valence-electron chi connectivity index (χ2n) is 8.16. The van der Waals surface area contributed by atoms with Crippen LogP contribution >= 0.6 is 11.8 Å². The van der Waals surface area contributed by atoms with Crippen molar-refractivity contribution in [2.75, 3.05) is 0 Å². The van der Waals surface area contributed by atoms with Gasteiger partial charge >= 0.3 is 5.97 Å². The molecule has 0 radical (unpaired) electrons. The van der Waals surface area contributed by atoms with E-state index in [0.717, 1.165) is 11.1 Å². The number of amides is 1. The lowest BCUT2D eigenvalue weighted by Crippen LogP contribution is -2.65. The Kier molecular flexibility index (Phi) is 5.17. The number of β-lactam (4-membered cyclic amide) rings is 1. The van der Waals surface area contributed by atoms with Gasteiger partial charge in [-0.25, -0.2) is 4.79 Å². The molecule has 5 nitrogen and oxygen atoms in total. The van der Waals surface area contributed by atoms with Crippen molar-refractivity contribution >= 4 is 23.6 Å². The van der Waals surface area contributed by atoms with E-state index >= 15 is 0 Å². The smallest absolute Gasteiger partial charge is 0.331 e. The molecule has 2 aliphatic rings. The first-order chi connectivity index (χ1) is 13.8. The SMILES string of the molecule is C[C@@H](O)[C@@H]1C(=O)N2[C@@H]1SC(C)(C)[C@@H]2C(=O)OC(c1ccccc1)c1ccccc1. The molecule has 4 atom stereocenters. The summed E-state index contributed by atoms with van der Waals surface area (Å²) < 4.78 is 5.53. The number of rotatable bonds is 5. The molecule has 0 aliphatic carbocycles. The fourth-order valence-corrected chi connectivity index (χ4v) is 6.02. The van der Waals surface area contributed by atoms with Gasteiger partial charge in [0.15, 0.2) is 6.10 Å². The molecule has 2 aromatic carbocycles. The third-order valence-electron chi connectivity index (χ3n) is 5.66. The zero-order valence-electron chi connectivity index (χ0n) is 16.7. The summed E-state index contributed by atoms with van der Waals surface area (Å²) in [7, 11) is 0. The summed E-state index contributed by atoms with van der Waals surface area (Å²) in [5.74, 6) is -1.06. The molecule has 1 amide bonds. The Labute approximate surface area is 175 Å². The van der Waals surface area contributed by atoms with Crippen molar-refractivity contribution < 1.29 is 19.4 Å². The van der Waals surface area contributed by atoms with Crippen molar-refractivity contribution in [3.05, 3.63) is 71.8 Å². The lowest BCUT2D eigenvalue weighted by Gasteiger charge is -2.45. The molecule has 0 spiro atoms. The molecule has 2 saturated heterocycles. The van der Waals surface area contributed by atoms with Gasteiger partial charge < -0.3 is 14.7 Å². The Hall–Kier alpha value is -2.31. The van der Waals surface area contributed by atoms with E-state index < -0.39 is 34.9 Å². The molecule has 2 heterocycles. The predicted octanol–water partition coefficient (Wildman–Crippen LogP) is 3.38. The van der Waals surface area contributed by atoms with Crippen LogP contribution in [0.4, 0.5) is 0 Å². The molecule has 29 heavy (non-hydrogen) atoms. The van der Waals surface area contributed by atoms with Gasteiger partial charge in [-0.15, -0.1) is 11.8 Å². The van der Waals surface area contributed by atoms with E-state index in [1.165, 1.54) is 0 Å². The fraction of sp³-hybridized carbons (Fsp3) is 0.391. The van der Waals surface area contributed by atoms with Crippen LogP contribution in [0.3, 0.4) is 0 Å². The minimum Gasteiger partial charge on any atom is -0.451 e. The van der Waals surface area contributed by atoms with Crippen LogP contribution in [0.1, 0.15) is 38.0 Å². The molecule has 2 aliphatic heterocycles. The normalized spacial score (nSPS) is 26.0. The van der Waals surface area contributed by atoms with Gasteiger partial charge in [0.2, 0.25) is 5.91 Å². The lowest BCUT2D eigenvalue weighted by atomic mass is 9.88.